The van der Waals surface area contributed by atoms with Gasteiger partial charge in [-0.3, -0.25) is 14.5 Å². The minimum atomic E-state index is -0.638. The summed E-state index contributed by atoms with van der Waals surface area (Å²) in [5, 5.41) is 3.83. The van der Waals surface area contributed by atoms with Crippen LogP contribution in [0.5, 0.6) is 5.75 Å². The van der Waals surface area contributed by atoms with Crippen LogP contribution in [-0.4, -0.2) is 26.9 Å². The monoisotopic (exact) mass is 530 g/mol. The van der Waals surface area contributed by atoms with E-state index < -0.39 is 17.4 Å². The number of nitrogens with one attached hydrogen (secondary N) is 1. The van der Waals surface area contributed by atoms with E-state index in [0.717, 1.165) is 53.3 Å². The maximum absolute atomic E-state index is 14.3. The fourth-order valence-corrected chi connectivity index (χ4v) is 4.58. The Hall–Kier alpha value is -4.53. The molecule has 1 N–H and O–H groups in total. The van der Waals surface area contributed by atoms with E-state index in [1.165, 1.54) is 0 Å². The Morgan fingerprint density at radius 1 is 1.03 bits per heavy atom. The summed E-state index contributed by atoms with van der Waals surface area (Å²) in [4.78, 5) is 21.0. The minimum absolute atomic E-state index is 0.0981. The SMILES string of the molecule is CCCC1N=C(CC)C(Oc2cc(F)ccc2F)=CN1Cc1ccc(-c2ccccc2-c2noc(=O)[nH]2)cc1. The van der Waals surface area contributed by atoms with E-state index in [0.29, 0.717) is 30.3 Å². The van der Waals surface area contributed by atoms with Crippen molar-refractivity contribution in [2.24, 2.45) is 4.99 Å². The second-order valence-corrected chi connectivity index (χ2v) is 9.23. The van der Waals surface area contributed by atoms with Gasteiger partial charge in [0.1, 0.15) is 12.0 Å². The number of aromatic nitrogens is 2. The minimum Gasteiger partial charge on any atom is -0.451 e. The highest BCUT2D eigenvalue weighted by molar-refractivity contribution is 5.99. The normalized spacial score (nSPS) is 15.2. The van der Waals surface area contributed by atoms with Crippen molar-refractivity contribution in [1.82, 2.24) is 15.0 Å². The lowest BCUT2D eigenvalue weighted by atomic mass is 9.98. The summed E-state index contributed by atoms with van der Waals surface area (Å²) in [6.07, 6.45) is 4.12. The van der Waals surface area contributed by atoms with Crippen LogP contribution in [0.3, 0.4) is 0 Å². The van der Waals surface area contributed by atoms with Crippen LogP contribution in [-0.2, 0) is 6.54 Å². The highest BCUT2D eigenvalue weighted by Gasteiger charge is 2.25. The third kappa shape index (κ3) is 5.82. The molecule has 4 aromatic rings. The summed E-state index contributed by atoms with van der Waals surface area (Å²) < 4.78 is 38.6. The molecule has 0 saturated heterocycles. The van der Waals surface area contributed by atoms with Crippen LogP contribution >= 0.6 is 0 Å². The number of hydrogen-bond acceptors (Lipinski definition) is 6. The van der Waals surface area contributed by atoms with Crippen LogP contribution in [0.2, 0.25) is 0 Å². The van der Waals surface area contributed by atoms with Gasteiger partial charge in [-0.1, -0.05) is 74.0 Å². The number of allylic oxidation sites excluding steroid dienone is 1. The molecule has 1 aromatic heterocycles. The van der Waals surface area contributed by atoms with Gasteiger partial charge in [-0.25, -0.2) is 13.6 Å². The lowest BCUT2D eigenvalue weighted by Gasteiger charge is -2.33. The first-order valence-electron chi connectivity index (χ1n) is 12.9. The third-order valence-corrected chi connectivity index (χ3v) is 6.50. The quantitative estimate of drug-likeness (QED) is 0.261. The molecule has 39 heavy (non-hydrogen) atoms. The number of hydrogen-bond donors (Lipinski definition) is 1. The topological polar surface area (TPSA) is 83.7 Å². The van der Waals surface area contributed by atoms with Gasteiger partial charge in [-0.2, -0.15) is 0 Å². The van der Waals surface area contributed by atoms with Crippen molar-refractivity contribution in [1.29, 1.82) is 0 Å². The zero-order valence-corrected chi connectivity index (χ0v) is 21.7. The fraction of sp³-hybridized carbons (Fsp3) is 0.233. The molecule has 1 aliphatic heterocycles. The Kier molecular flexibility index (Phi) is 7.67. The number of halogens is 2. The first-order valence-corrected chi connectivity index (χ1v) is 12.9. The van der Waals surface area contributed by atoms with Crippen molar-refractivity contribution in [3.63, 3.8) is 0 Å². The average Bonchev–Trinajstić information content (AvgIpc) is 3.38. The molecule has 0 radical (unpaired) electrons. The van der Waals surface area contributed by atoms with Gasteiger partial charge in [0.2, 0.25) is 0 Å². The zero-order chi connectivity index (χ0) is 27.4. The summed E-state index contributed by atoms with van der Waals surface area (Å²) in [7, 11) is 0. The predicted molar refractivity (Wildman–Crippen MR) is 145 cm³/mol. The lowest BCUT2D eigenvalue weighted by Crippen LogP contribution is -2.35. The molecule has 1 aliphatic rings. The molecule has 7 nitrogen and oxygen atoms in total. The van der Waals surface area contributed by atoms with Gasteiger partial charge >= 0.3 is 5.76 Å². The van der Waals surface area contributed by atoms with E-state index in [4.69, 9.17) is 9.73 Å². The zero-order valence-electron chi connectivity index (χ0n) is 21.7. The van der Waals surface area contributed by atoms with Gasteiger partial charge in [0.15, 0.2) is 23.2 Å². The van der Waals surface area contributed by atoms with Gasteiger partial charge in [-0.05, 0) is 41.7 Å². The molecule has 0 aliphatic carbocycles. The Bertz CT molecular complexity index is 1570. The molecule has 1 unspecified atom stereocenters. The maximum Gasteiger partial charge on any atom is 0.439 e. The smallest absolute Gasteiger partial charge is 0.439 e. The van der Waals surface area contributed by atoms with Crippen LogP contribution in [0.25, 0.3) is 22.5 Å². The van der Waals surface area contributed by atoms with Crippen LogP contribution in [0.4, 0.5) is 8.78 Å². The Morgan fingerprint density at radius 3 is 2.49 bits per heavy atom. The molecule has 1 atom stereocenters. The summed E-state index contributed by atoms with van der Waals surface area (Å²) in [5.74, 6) is -1.22. The van der Waals surface area contributed by atoms with Crippen LogP contribution in [0, 0.1) is 11.6 Å². The molecular formula is C30H28F2N4O3. The molecule has 3 aromatic carbocycles. The molecule has 200 valence electrons. The molecule has 5 rings (SSSR count). The van der Waals surface area contributed by atoms with Crippen LogP contribution in [0.15, 0.2) is 93.0 Å². The lowest BCUT2D eigenvalue weighted by molar-refractivity contribution is 0.241. The molecule has 0 spiro atoms. The largest absolute Gasteiger partial charge is 0.451 e. The number of rotatable bonds is 9. The molecule has 0 amide bonds. The number of nitrogens with zero attached hydrogens (tertiary/aromatic N) is 3. The van der Waals surface area contributed by atoms with E-state index in [-0.39, 0.29) is 11.9 Å². The standard InChI is InChI=1S/C30H28F2N4O3/c1-3-7-28-33-25(4-2)27(38-26-16-21(31)14-15-24(26)32)18-36(28)17-19-10-12-20(13-11-19)22-8-5-6-9-23(22)29-34-30(37)39-35-29/h5-6,8-16,18,28H,3-4,7,17H2,1-2H3,(H,34,35,37). The Balaban J connectivity index is 1.41. The molecule has 0 fully saturated rings. The van der Waals surface area contributed by atoms with Gasteiger partial charge in [0.05, 0.1) is 5.71 Å². The van der Waals surface area contributed by atoms with E-state index >= 15 is 0 Å². The average molecular weight is 531 g/mol. The van der Waals surface area contributed by atoms with E-state index in [9.17, 15) is 13.6 Å². The summed E-state index contributed by atoms with van der Waals surface area (Å²) >= 11 is 0. The molecule has 9 heteroatoms. The number of ether oxygens (including phenoxy) is 1. The highest BCUT2D eigenvalue weighted by atomic mass is 19.1. The van der Waals surface area contributed by atoms with Gasteiger partial charge in [0, 0.05) is 24.4 Å². The van der Waals surface area contributed by atoms with Crippen molar-refractivity contribution in [3.8, 4) is 28.3 Å². The second kappa shape index (κ2) is 11.5. The van der Waals surface area contributed by atoms with E-state index in [2.05, 4.69) is 26.5 Å². The molecular weight excluding hydrogens is 502 g/mol. The molecule has 2 heterocycles. The Labute approximate surface area is 224 Å². The molecule has 0 saturated carbocycles. The summed E-state index contributed by atoms with van der Waals surface area (Å²) in [6, 6.07) is 18.8. The second-order valence-electron chi connectivity index (χ2n) is 9.23. The summed E-state index contributed by atoms with van der Waals surface area (Å²) in [6.45, 7) is 4.61. The van der Waals surface area contributed by atoms with Gasteiger partial charge in [-0.15, -0.1) is 0 Å². The van der Waals surface area contributed by atoms with Crippen molar-refractivity contribution in [2.75, 3.05) is 0 Å². The maximum atomic E-state index is 14.3. The van der Waals surface area contributed by atoms with Gasteiger partial charge in [0.25, 0.3) is 0 Å². The van der Waals surface area contributed by atoms with Crippen LogP contribution < -0.4 is 10.5 Å². The van der Waals surface area contributed by atoms with Crippen molar-refractivity contribution in [3.05, 3.63) is 106 Å². The van der Waals surface area contributed by atoms with Crippen molar-refractivity contribution >= 4 is 5.71 Å². The number of H-pyrrole nitrogens is 1. The number of aromatic amines is 1. The van der Waals surface area contributed by atoms with E-state index in [1.807, 2.05) is 61.7 Å². The van der Waals surface area contributed by atoms with Gasteiger partial charge < -0.3 is 9.64 Å². The van der Waals surface area contributed by atoms with Crippen LogP contribution in [0.1, 0.15) is 38.7 Å². The fourth-order valence-electron chi connectivity index (χ4n) is 4.58. The first-order chi connectivity index (χ1) is 18.9. The number of aliphatic imine (C=N–C) groups is 1. The first kappa shape index (κ1) is 26.1. The number of benzene rings is 3. The summed E-state index contributed by atoms with van der Waals surface area (Å²) in [5.41, 5.74) is 4.36. The van der Waals surface area contributed by atoms with Crippen molar-refractivity contribution in [2.45, 2.75) is 45.8 Å². The Morgan fingerprint density at radius 2 is 1.79 bits per heavy atom. The van der Waals surface area contributed by atoms with Crippen molar-refractivity contribution < 1.29 is 18.0 Å². The highest BCUT2D eigenvalue weighted by Crippen LogP contribution is 2.31. The third-order valence-electron chi connectivity index (χ3n) is 6.50. The molecule has 0 bridgehead atoms. The predicted octanol–water partition coefficient (Wildman–Crippen LogP) is 6.69. The van der Waals surface area contributed by atoms with E-state index in [1.54, 1.807) is 0 Å².